The van der Waals surface area contributed by atoms with Crippen molar-refractivity contribution >= 4 is 17.5 Å². The predicted molar refractivity (Wildman–Crippen MR) is 90.3 cm³/mol. The summed E-state index contributed by atoms with van der Waals surface area (Å²) < 4.78 is 0. The number of aliphatic hydroxyl groups excluding tert-OH is 2. The van der Waals surface area contributed by atoms with E-state index in [1.165, 1.54) is 13.1 Å². The second-order valence-corrected chi connectivity index (χ2v) is 6.96. The van der Waals surface area contributed by atoms with Crippen LogP contribution in [0.1, 0.15) is 26.2 Å². The molecular formula is C18H20N2O6. The number of carbonyl (C=O) groups excluding carboxylic acids is 3. The van der Waals surface area contributed by atoms with Gasteiger partial charge in [-0.25, -0.2) is 0 Å². The first-order valence-corrected chi connectivity index (χ1v) is 8.19. The summed E-state index contributed by atoms with van der Waals surface area (Å²) in [6.07, 6.45) is 2.92. The quantitative estimate of drug-likeness (QED) is 0.253. The number of fused-ring (bicyclic) bond motifs is 2. The molecule has 0 aromatic carbocycles. The number of primary amides is 1. The van der Waals surface area contributed by atoms with Crippen LogP contribution in [0, 0.1) is 11.8 Å². The van der Waals surface area contributed by atoms with Crippen LogP contribution in [0.4, 0.5) is 0 Å². The van der Waals surface area contributed by atoms with Crippen LogP contribution in [0.3, 0.4) is 0 Å². The van der Waals surface area contributed by atoms with Crippen molar-refractivity contribution < 1.29 is 29.7 Å². The van der Waals surface area contributed by atoms with E-state index >= 15 is 0 Å². The second kappa shape index (κ2) is 5.84. The molecule has 138 valence electrons. The van der Waals surface area contributed by atoms with Gasteiger partial charge in [0.15, 0.2) is 5.78 Å². The maximum atomic E-state index is 12.8. The Kier molecular flexibility index (Phi) is 4.03. The Labute approximate surface area is 149 Å². The molecule has 26 heavy (non-hydrogen) atoms. The molecule has 1 unspecified atom stereocenters. The zero-order valence-electron chi connectivity index (χ0n) is 14.2. The lowest BCUT2D eigenvalue weighted by Gasteiger charge is -2.44. The summed E-state index contributed by atoms with van der Waals surface area (Å²) >= 11 is 0. The second-order valence-electron chi connectivity index (χ2n) is 6.96. The normalized spacial score (nSPS) is 35.0. The number of nitrogens with two attached hydrogens (primary N) is 2. The van der Waals surface area contributed by atoms with E-state index < -0.39 is 40.3 Å². The Morgan fingerprint density at radius 1 is 1.35 bits per heavy atom. The van der Waals surface area contributed by atoms with Gasteiger partial charge in [-0.15, -0.1) is 0 Å². The molecule has 3 aliphatic carbocycles. The minimum absolute atomic E-state index is 0.0498. The number of allylic oxidation sites excluding steroid dienone is 5. The van der Waals surface area contributed by atoms with Crippen molar-refractivity contribution in [3.05, 3.63) is 46.1 Å². The lowest BCUT2D eigenvalue weighted by atomic mass is 9.61. The summed E-state index contributed by atoms with van der Waals surface area (Å²) in [6, 6.07) is 0. The minimum Gasteiger partial charge on any atom is -0.512 e. The van der Waals surface area contributed by atoms with E-state index in [4.69, 9.17) is 11.5 Å². The molecule has 1 fully saturated rings. The molecule has 0 saturated heterocycles. The number of hydrogen-bond acceptors (Lipinski definition) is 7. The van der Waals surface area contributed by atoms with Gasteiger partial charge in [-0.2, -0.15) is 0 Å². The number of Topliss-reactive ketones (excluding diaryl/α,β-unsaturated/α-hetero) is 2. The number of ketones is 2. The van der Waals surface area contributed by atoms with Crippen LogP contribution in [-0.4, -0.2) is 38.4 Å². The largest absolute Gasteiger partial charge is 0.512 e. The number of amides is 1. The first-order valence-electron chi connectivity index (χ1n) is 8.19. The van der Waals surface area contributed by atoms with Gasteiger partial charge in [0, 0.05) is 17.9 Å². The van der Waals surface area contributed by atoms with Gasteiger partial charge < -0.3 is 26.8 Å². The fourth-order valence-corrected chi connectivity index (χ4v) is 4.18. The van der Waals surface area contributed by atoms with Crippen molar-refractivity contribution in [2.45, 2.75) is 31.8 Å². The van der Waals surface area contributed by atoms with Gasteiger partial charge in [0.05, 0.1) is 5.57 Å². The topological polar surface area (TPSA) is 164 Å². The van der Waals surface area contributed by atoms with Gasteiger partial charge in [0.2, 0.25) is 5.78 Å². The maximum absolute atomic E-state index is 12.8. The van der Waals surface area contributed by atoms with E-state index in [1.54, 1.807) is 0 Å². The van der Waals surface area contributed by atoms with Crippen molar-refractivity contribution in [3.63, 3.8) is 0 Å². The molecular weight excluding hydrogens is 340 g/mol. The summed E-state index contributed by atoms with van der Waals surface area (Å²) in [5.41, 5.74) is 8.72. The van der Waals surface area contributed by atoms with E-state index in [-0.39, 0.29) is 35.7 Å². The molecule has 0 aromatic rings. The lowest BCUT2D eigenvalue weighted by molar-refractivity contribution is -0.139. The molecule has 0 bridgehead atoms. The SMILES string of the molecule is C/C(O)=C1/C(=O)C2=C[C@]3(O)C(=O)C(C(N)=O)=C(O)C[C@@H]3CC2C/C1=C/N. The third kappa shape index (κ3) is 2.37. The molecule has 1 amide bonds. The van der Waals surface area contributed by atoms with Gasteiger partial charge in [-0.3, -0.25) is 14.4 Å². The molecule has 8 heteroatoms. The van der Waals surface area contributed by atoms with E-state index in [0.29, 0.717) is 12.0 Å². The molecule has 3 aliphatic rings. The molecule has 0 spiro atoms. The molecule has 0 aromatic heterocycles. The molecule has 0 heterocycles. The zero-order chi connectivity index (χ0) is 19.4. The fraction of sp³-hybridized carbons (Fsp3) is 0.389. The number of rotatable bonds is 1. The highest BCUT2D eigenvalue weighted by Gasteiger charge is 2.54. The standard InChI is InChI=1S/C18H20N2O6/c1-7(21)13-9(6-19)2-8-3-10-4-12(22)14(17(20)25)16(24)18(10,26)5-11(8)15(13)23/h5-6,8,10,21-22,26H,2-4,19H2,1H3,(H2,20,25)/b9-6-,13-7-/t8?,10-,18+/m0/s1. The average Bonchev–Trinajstić information content (AvgIpc) is 2.54. The van der Waals surface area contributed by atoms with Crippen LogP contribution in [0.5, 0.6) is 0 Å². The fourth-order valence-electron chi connectivity index (χ4n) is 4.18. The maximum Gasteiger partial charge on any atom is 0.255 e. The van der Waals surface area contributed by atoms with Crippen LogP contribution in [0.25, 0.3) is 0 Å². The Bertz CT molecular complexity index is 859. The first-order chi connectivity index (χ1) is 12.1. The molecule has 0 aliphatic heterocycles. The highest BCUT2D eigenvalue weighted by Crippen LogP contribution is 2.49. The third-order valence-corrected chi connectivity index (χ3v) is 5.41. The van der Waals surface area contributed by atoms with Crippen molar-refractivity contribution in [1.82, 2.24) is 0 Å². The van der Waals surface area contributed by atoms with E-state index in [2.05, 4.69) is 0 Å². The monoisotopic (exact) mass is 360 g/mol. The Balaban J connectivity index is 2.14. The highest BCUT2D eigenvalue weighted by molar-refractivity contribution is 6.24. The van der Waals surface area contributed by atoms with Crippen molar-refractivity contribution in [2.24, 2.45) is 23.3 Å². The van der Waals surface area contributed by atoms with Gasteiger partial charge in [-0.05, 0) is 43.5 Å². The van der Waals surface area contributed by atoms with E-state index in [1.807, 2.05) is 0 Å². The lowest BCUT2D eigenvalue weighted by Crippen LogP contribution is -2.54. The minimum atomic E-state index is -2.10. The van der Waals surface area contributed by atoms with Crippen molar-refractivity contribution in [1.29, 1.82) is 0 Å². The smallest absolute Gasteiger partial charge is 0.255 e. The van der Waals surface area contributed by atoms with Gasteiger partial charge in [0.25, 0.3) is 5.91 Å². The summed E-state index contributed by atoms with van der Waals surface area (Å²) in [5, 5.41) is 30.8. The molecule has 0 radical (unpaired) electrons. The molecule has 8 nitrogen and oxygen atoms in total. The van der Waals surface area contributed by atoms with Crippen molar-refractivity contribution in [2.75, 3.05) is 0 Å². The highest BCUT2D eigenvalue weighted by atomic mass is 16.3. The van der Waals surface area contributed by atoms with Crippen LogP contribution in [0.15, 0.2) is 46.1 Å². The number of hydrogen-bond donors (Lipinski definition) is 5. The van der Waals surface area contributed by atoms with E-state index in [9.17, 15) is 29.7 Å². The molecule has 7 N–H and O–H groups in total. The zero-order valence-corrected chi connectivity index (χ0v) is 14.2. The number of aliphatic hydroxyl groups is 3. The van der Waals surface area contributed by atoms with Crippen LogP contribution in [0.2, 0.25) is 0 Å². The van der Waals surface area contributed by atoms with Crippen LogP contribution in [-0.2, 0) is 14.4 Å². The average molecular weight is 360 g/mol. The summed E-state index contributed by atoms with van der Waals surface area (Å²) in [7, 11) is 0. The Morgan fingerprint density at radius 3 is 2.54 bits per heavy atom. The van der Waals surface area contributed by atoms with Crippen molar-refractivity contribution in [3.8, 4) is 0 Å². The third-order valence-electron chi connectivity index (χ3n) is 5.41. The Morgan fingerprint density at radius 2 is 2.00 bits per heavy atom. The first kappa shape index (κ1) is 17.9. The van der Waals surface area contributed by atoms with Crippen LogP contribution >= 0.6 is 0 Å². The van der Waals surface area contributed by atoms with Crippen LogP contribution < -0.4 is 11.5 Å². The number of carbonyl (C=O) groups is 3. The van der Waals surface area contributed by atoms with Gasteiger partial charge >= 0.3 is 0 Å². The summed E-state index contributed by atoms with van der Waals surface area (Å²) in [4.78, 5) is 36.9. The molecule has 1 saturated carbocycles. The van der Waals surface area contributed by atoms with E-state index in [0.717, 1.165) is 6.08 Å². The predicted octanol–water partition coefficient (Wildman–Crippen LogP) is 0.198. The van der Waals surface area contributed by atoms with Gasteiger partial charge in [0.1, 0.15) is 22.7 Å². The Hall–Kier alpha value is -2.87. The van der Waals surface area contributed by atoms with Gasteiger partial charge in [-0.1, -0.05) is 0 Å². The molecule has 3 atom stereocenters. The molecule has 3 rings (SSSR count). The summed E-state index contributed by atoms with van der Waals surface area (Å²) in [5.74, 6) is -4.32. The summed E-state index contributed by atoms with van der Waals surface area (Å²) in [6.45, 7) is 1.36.